The minimum absolute atomic E-state index is 0.0219. The molecule has 5 nitrogen and oxygen atoms in total. The molecule has 1 aromatic carbocycles. The second kappa shape index (κ2) is 9.17. The summed E-state index contributed by atoms with van der Waals surface area (Å²) in [4.78, 5) is 27.8. The topological polar surface area (TPSA) is 55.8 Å². The monoisotopic (exact) mass is 399 g/mol. The smallest absolute Gasteiger partial charge is 0.340 e. The van der Waals surface area contributed by atoms with E-state index >= 15 is 0 Å². The number of carbonyl (C=O) groups is 2. The van der Waals surface area contributed by atoms with Gasteiger partial charge in [0.2, 0.25) is 0 Å². The molecule has 3 rings (SSSR count). The van der Waals surface area contributed by atoms with Crippen LogP contribution in [-0.2, 0) is 19.1 Å². The lowest BCUT2D eigenvalue weighted by Gasteiger charge is -2.35. The summed E-state index contributed by atoms with van der Waals surface area (Å²) in [6.07, 6.45) is 1.77. The average Bonchev–Trinajstić information content (AvgIpc) is 3.17. The first-order valence-corrected chi connectivity index (χ1v) is 10.2. The number of thiophene rings is 1. The predicted molar refractivity (Wildman–Crippen MR) is 111 cm³/mol. The molecule has 1 aromatic heterocycles. The third-order valence-corrected chi connectivity index (χ3v) is 5.36. The molecular weight excluding hydrogens is 374 g/mol. The molecule has 0 unspecified atom stereocenters. The van der Waals surface area contributed by atoms with Crippen LogP contribution in [0, 0.1) is 6.92 Å². The highest BCUT2D eigenvalue weighted by molar-refractivity contribution is 7.11. The summed E-state index contributed by atoms with van der Waals surface area (Å²) < 4.78 is 11.0. The number of ether oxygens (including phenoxy) is 2. The van der Waals surface area contributed by atoms with E-state index in [1.165, 1.54) is 11.3 Å². The third-order valence-electron chi connectivity index (χ3n) is 4.46. The van der Waals surface area contributed by atoms with Crippen molar-refractivity contribution >= 4 is 34.9 Å². The molecule has 2 aromatic rings. The molecule has 1 aliphatic heterocycles. The second-order valence-corrected chi connectivity index (χ2v) is 8.03. The Morgan fingerprint density at radius 2 is 1.96 bits per heavy atom. The van der Waals surface area contributed by atoms with Gasteiger partial charge in [-0.25, -0.2) is 4.79 Å². The first-order valence-electron chi connectivity index (χ1n) is 9.35. The van der Waals surface area contributed by atoms with Gasteiger partial charge < -0.3 is 14.4 Å². The van der Waals surface area contributed by atoms with E-state index in [1.54, 1.807) is 4.90 Å². The van der Waals surface area contributed by atoms with Crippen LogP contribution in [0.15, 0.2) is 41.8 Å². The van der Waals surface area contributed by atoms with E-state index < -0.39 is 5.97 Å². The Kier molecular flexibility index (Phi) is 6.65. The van der Waals surface area contributed by atoms with Crippen molar-refractivity contribution in [2.45, 2.75) is 33.0 Å². The summed E-state index contributed by atoms with van der Waals surface area (Å²) in [5, 5.41) is 1.91. The van der Waals surface area contributed by atoms with E-state index in [-0.39, 0.29) is 24.7 Å². The summed E-state index contributed by atoms with van der Waals surface area (Å²) in [6, 6.07) is 11.7. The van der Waals surface area contributed by atoms with Gasteiger partial charge >= 0.3 is 5.97 Å². The summed E-state index contributed by atoms with van der Waals surface area (Å²) in [5.74, 6) is -0.692. The minimum atomic E-state index is -0.494. The molecule has 1 fully saturated rings. The van der Waals surface area contributed by atoms with E-state index in [0.717, 1.165) is 16.0 Å². The quantitative estimate of drug-likeness (QED) is 0.567. The zero-order chi connectivity index (χ0) is 20.1. The van der Waals surface area contributed by atoms with Gasteiger partial charge in [0.05, 0.1) is 17.8 Å². The van der Waals surface area contributed by atoms with Crippen LogP contribution >= 0.6 is 11.3 Å². The van der Waals surface area contributed by atoms with Gasteiger partial charge in [-0.1, -0.05) is 35.9 Å². The fourth-order valence-corrected chi connectivity index (χ4v) is 4.00. The number of morpholine rings is 1. The van der Waals surface area contributed by atoms with Gasteiger partial charge in [-0.15, -0.1) is 11.3 Å². The molecule has 0 aliphatic carbocycles. The summed E-state index contributed by atoms with van der Waals surface area (Å²) in [6.45, 7) is 6.62. The van der Waals surface area contributed by atoms with Crippen molar-refractivity contribution in [1.29, 1.82) is 0 Å². The molecule has 1 amide bonds. The van der Waals surface area contributed by atoms with Gasteiger partial charge in [-0.05, 0) is 43.9 Å². The highest BCUT2D eigenvalue weighted by Crippen LogP contribution is 2.24. The number of rotatable bonds is 5. The van der Waals surface area contributed by atoms with E-state index in [1.807, 2.05) is 68.6 Å². The van der Waals surface area contributed by atoms with Crippen molar-refractivity contribution in [3.05, 3.63) is 57.8 Å². The molecule has 0 bridgehead atoms. The normalized spacial score (nSPS) is 20.1. The zero-order valence-electron chi connectivity index (χ0n) is 16.4. The van der Waals surface area contributed by atoms with Crippen LogP contribution in [0.2, 0.25) is 0 Å². The summed E-state index contributed by atoms with van der Waals surface area (Å²) >= 11 is 1.46. The van der Waals surface area contributed by atoms with Crippen LogP contribution in [-0.4, -0.2) is 48.7 Å². The van der Waals surface area contributed by atoms with Gasteiger partial charge in [0.15, 0.2) is 6.61 Å². The molecule has 1 aliphatic rings. The number of hydrogen-bond acceptors (Lipinski definition) is 5. The van der Waals surface area contributed by atoms with E-state index in [0.29, 0.717) is 18.7 Å². The zero-order valence-corrected chi connectivity index (χ0v) is 17.2. The van der Waals surface area contributed by atoms with Gasteiger partial charge in [-0.2, -0.15) is 0 Å². The van der Waals surface area contributed by atoms with Crippen molar-refractivity contribution < 1.29 is 19.1 Å². The third kappa shape index (κ3) is 5.30. The van der Waals surface area contributed by atoms with Crippen LogP contribution in [0.4, 0.5) is 0 Å². The molecule has 0 spiro atoms. The fraction of sp³-hybridized carbons (Fsp3) is 0.364. The van der Waals surface area contributed by atoms with Gasteiger partial charge in [0.25, 0.3) is 5.91 Å². The lowest BCUT2D eigenvalue weighted by atomic mass is 10.1. The van der Waals surface area contributed by atoms with Gasteiger partial charge in [0, 0.05) is 18.0 Å². The molecule has 0 N–H and O–H groups in total. The predicted octanol–water partition coefficient (Wildman–Crippen LogP) is 3.78. The molecular formula is C22H25NO4S. The van der Waals surface area contributed by atoms with Crippen LogP contribution in [0.5, 0.6) is 0 Å². The van der Waals surface area contributed by atoms with Crippen molar-refractivity contribution in [3.63, 3.8) is 0 Å². The van der Waals surface area contributed by atoms with E-state index in [9.17, 15) is 9.59 Å². The Morgan fingerprint density at radius 3 is 2.61 bits per heavy atom. The average molecular weight is 400 g/mol. The molecule has 28 heavy (non-hydrogen) atoms. The van der Waals surface area contributed by atoms with Crippen molar-refractivity contribution in [3.8, 4) is 0 Å². The fourth-order valence-electron chi connectivity index (χ4n) is 3.27. The van der Waals surface area contributed by atoms with Crippen molar-refractivity contribution in [2.75, 3.05) is 19.7 Å². The number of nitrogens with zero attached hydrogens (tertiary/aromatic N) is 1. The highest BCUT2D eigenvalue weighted by atomic mass is 32.1. The van der Waals surface area contributed by atoms with Crippen LogP contribution in [0.25, 0.3) is 11.6 Å². The number of amides is 1. The Morgan fingerprint density at radius 1 is 1.21 bits per heavy atom. The Balaban J connectivity index is 1.71. The largest absolute Gasteiger partial charge is 0.452 e. The second-order valence-electron chi connectivity index (χ2n) is 7.08. The summed E-state index contributed by atoms with van der Waals surface area (Å²) in [5.41, 5.74) is 2.48. The Bertz CT molecular complexity index is 849. The van der Waals surface area contributed by atoms with Crippen LogP contribution in [0.3, 0.4) is 0 Å². The molecule has 1 saturated heterocycles. The minimum Gasteiger partial charge on any atom is -0.452 e. The van der Waals surface area contributed by atoms with Crippen molar-refractivity contribution in [2.24, 2.45) is 0 Å². The lowest BCUT2D eigenvalue weighted by molar-refractivity contribution is -0.154. The molecule has 2 atom stereocenters. The maximum Gasteiger partial charge on any atom is 0.340 e. The van der Waals surface area contributed by atoms with Gasteiger partial charge in [0.1, 0.15) is 0 Å². The van der Waals surface area contributed by atoms with Crippen LogP contribution < -0.4 is 0 Å². The number of esters is 1. The SMILES string of the molecule is Cc1cccc(/C=C(/C(=O)OCC(=O)N2C[C@@H](C)O[C@H](C)C2)c2cccs2)c1. The first kappa shape index (κ1) is 20.3. The molecule has 2 heterocycles. The summed E-state index contributed by atoms with van der Waals surface area (Å²) in [7, 11) is 0. The number of benzene rings is 1. The molecule has 148 valence electrons. The number of hydrogen-bond donors (Lipinski definition) is 0. The maximum atomic E-state index is 12.8. The highest BCUT2D eigenvalue weighted by Gasteiger charge is 2.27. The maximum absolute atomic E-state index is 12.8. The Labute approximate surface area is 169 Å². The molecule has 0 radical (unpaired) electrons. The number of aryl methyl sites for hydroxylation is 1. The van der Waals surface area contributed by atoms with Crippen LogP contribution in [0.1, 0.15) is 29.9 Å². The first-order chi connectivity index (χ1) is 13.4. The van der Waals surface area contributed by atoms with Crippen molar-refractivity contribution in [1.82, 2.24) is 4.90 Å². The number of carbonyl (C=O) groups excluding carboxylic acids is 2. The molecule has 0 saturated carbocycles. The van der Waals surface area contributed by atoms with Gasteiger partial charge in [-0.3, -0.25) is 4.79 Å². The standard InChI is InChI=1S/C22H25NO4S/c1-15-6-4-7-18(10-15)11-19(20-8-5-9-28-20)22(25)26-14-21(24)23-12-16(2)27-17(3)13-23/h4-11,16-17H,12-14H2,1-3H3/b19-11+/t16-,17-/m1/s1. The lowest BCUT2D eigenvalue weighted by Crippen LogP contribution is -2.49. The Hall–Kier alpha value is -2.44. The van der Waals surface area contributed by atoms with E-state index in [2.05, 4.69) is 0 Å². The molecule has 6 heteroatoms. The van der Waals surface area contributed by atoms with E-state index in [4.69, 9.17) is 9.47 Å².